The largest absolute Gasteiger partial charge is 1.00 e. The molecule has 128 valence electrons. The van der Waals surface area contributed by atoms with E-state index in [0.29, 0.717) is 5.82 Å². The van der Waals surface area contributed by atoms with Crippen LogP contribution in [0.25, 0.3) is 0 Å². The lowest BCUT2D eigenvalue weighted by Gasteiger charge is -2.16. The molecule has 0 radical (unpaired) electrons. The zero-order valence-electron chi connectivity index (χ0n) is 11.7. The second-order valence-corrected chi connectivity index (χ2v) is 6.04. The van der Waals surface area contributed by atoms with E-state index in [-0.39, 0.29) is 25.4 Å². The number of aryl methyl sites for hydroxylation is 1. The molecule has 0 fully saturated rings. The molecule has 0 spiro atoms. The Morgan fingerprint density at radius 1 is 1.55 bits per heavy atom. The topological polar surface area (TPSA) is 87.6 Å². The predicted molar refractivity (Wildman–Crippen MR) is 67.2 cm³/mol. The first kappa shape index (κ1) is 20.7. The fourth-order valence-electron chi connectivity index (χ4n) is 1.68. The van der Waals surface area contributed by atoms with Crippen molar-refractivity contribution in [3.63, 3.8) is 0 Å². The van der Waals surface area contributed by atoms with E-state index in [1.54, 1.807) is 35.7 Å². The standard InChI is InChI=1S/C10H15F3N4O3S.ClH/c1-3-8(15-21(19,20)10(11,12)13)7-17-5-4-16(2)9(17)6-14-18;/h4-6,8,15H,3,7H2,1-2H3;1H. The van der Waals surface area contributed by atoms with Crippen LogP contribution in [0.15, 0.2) is 17.5 Å². The highest BCUT2D eigenvalue weighted by atomic mass is 35.5. The molecule has 2 N–H and O–H groups in total. The van der Waals surface area contributed by atoms with Gasteiger partial charge in [-0.1, -0.05) is 12.1 Å². The molecular formula is C10H16ClF3N4O3S. The lowest BCUT2D eigenvalue weighted by molar-refractivity contribution is -0.671. The van der Waals surface area contributed by atoms with Crippen molar-refractivity contribution in [1.82, 2.24) is 9.29 Å². The summed E-state index contributed by atoms with van der Waals surface area (Å²) in [5, 5.41) is 11.4. The minimum absolute atomic E-state index is 0. The summed E-state index contributed by atoms with van der Waals surface area (Å²) in [5.41, 5.74) is -5.35. The van der Waals surface area contributed by atoms with Gasteiger partial charge >= 0.3 is 21.4 Å². The van der Waals surface area contributed by atoms with Gasteiger partial charge in [-0.05, 0) is 6.42 Å². The number of aromatic nitrogens is 2. The molecular weight excluding hydrogens is 349 g/mol. The van der Waals surface area contributed by atoms with E-state index in [1.807, 2.05) is 0 Å². The maximum Gasteiger partial charge on any atom is 0.511 e. The van der Waals surface area contributed by atoms with E-state index in [1.165, 1.54) is 4.57 Å². The Kier molecular flexibility index (Phi) is 7.32. The number of rotatable bonds is 6. The number of hydrogen-bond donors (Lipinski definition) is 2. The molecule has 1 rings (SSSR count). The molecule has 7 nitrogen and oxygen atoms in total. The average molecular weight is 365 g/mol. The van der Waals surface area contributed by atoms with Gasteiger partial charge in [-0.2, -0.15) is 13.2 Å². The molecule has 0 saturated heterocycles. The van der Waals surface area contributed by atoms with Crippen LogP contribution < -0.4 is 21.7 Å². The van der Waals surface area contributed by atoms with Crippen LogP contribution in [-0.4, -0.2) is 36.0 Å². The summed E-state index contributed by atoms with van der Waals surface area (Å²) in [6, 6.07) is -0.949. The number of imidazole rings is 1. The Morgan fingerprint density at radius 3 is 2.59 bits per heavy atom. The maximum atomic E-state index is 12.4. The molecule has 0 aliphatic heterocycles. The Labute approximate surface area is 131 Å². The van der Waals surface area contributed by atoms with E-state index in [4.69, 9.17) is 5.21 Å². The van der Waals surface area contributed by atoms with Crippen molar-refractivity contribution in [2.75, 3.05) is 0 Å². The maximum absolute atomic E-state index is 12.4. The van der Waals surface area contributed by atoms with Crippen molar-refractivity contribution >= 4 is 16.2 Å². The third-order valence-electron chi connectivity index (χ3n) is 2.84. The van der Waals surface area contributed by atoms with Gasteiger partial charge < -0.3 is 17.6 Å². The van der Waals surface area contributed by atoms with Crippen LogP contribution in [-0.2, 0) is 23.6 Å². The van der Waals surface area contributed by atoms with Gasteiger partial charge in [-0.15, -0.1) is 0 Å². The second kappa shape index (κ2) is 7.79. The van der Waals surface area contributed by atoms with Crippen LogP contribution in [0.2, 0.25) is 0 Å². The SMILES string of the molecule is CCC(Cn1cc[n+](C)c1/C=N/O)NS(=O)(=O)C(F)(F)F.[Cl-]. The number of hydrogen-bond acceptors (Lipinski definition) is 4. The molecule has 0 amide bonds. The number of oxime groups is 1. The summed E-state index contributed by atoms with van der Waals surface area (Å²) in [4.78, 5) is 0. The number of halogens is 4. The molecule has 1 aromatic rings. The lowest BCUT2D eigenvalue weighted by Crippen LogP contribution is -3.00. The van der Waals surface area contributed by atoms with E-state index >= 15 is 0 Å². The van der Waals surface area contributed by atoms with E-state index in [0.717, 1.165) is 6.21 Å². The monoisotopic (exact) mass is 364 g/mol. The normalized spacial score (nSPS) is 14.0. The first-order valence-electron chi connectivity index (χ1n) is 5.93. The van der Waals surface area contributed by atoms with Crippen molar-refractivity contribution in [3.8, 4) is 0 Å². The first-order chi connectivity index (χ1) is 9.62. The van der Waals surface area contributed by atoms with Crippen LogP contribution in [0.3, 0.4) is 0 Å². The Bertz CT molecular complexity index is 615. The number of nitrogens with zero attached hydrogens (tertiary/aromatic N) is 3. The van der Waals surface area contributed by atoms with Gasteiger partial charge in [0.1, 0.15) is 18.9 Å². The van der Waals surface area contributed by atoms with Gasteiger partial charge in [0.15, 0.2) is 6.21 Å². The third kappa shape index (κ3) is 4.85. The highest BCUT2D eigenvalue weighted by molar-refractivity contribution is 7.90. The van der Waals surface area contributed by atoms with Crippen molar-refractivity contribution in [2.24, 2.45) is 12.2 Å². The summed E-state index contributed by atoms with van der Waals surface area (Å²) in [6.07, 6.45) is 4.40. The van der Waals surface area contributed by atoms with Crippen LogP contribution in [0, 0.1) is 0 Å². The van der Waals surface area contributed by atoms with Gasteiger partial charge in [-0.25, -0.2) is 22.3 Å². The predicted octanol–water partition coefficient (Wildman–Crippen LogP) is -2.66. The molecule has 0 aliphatic carbocycles. The Balaban J connectivity index is 0.00000441. The molecule has 12 heteroatoms. The highest BCUT2D eigenvalue weighted by Crippen LogP contribution is 2.22. The molecule has 0 aliphatic rings. The van der Waals surface area contributed by atoms with Gasteiger partial charge in [0.2, 0.25) is 0 Å². The van der Waals surface area contributed by atoms with Crippen molar-refractivity contribution in [1.29, 1.82) is 0 Å². The highest BCUT2D eigenvalue weighted by Gasteiger charge is 2.46. The molecule has 1 aromatic heterocycles. The molecule has 1 unspecified atom stereocenters. The molecule has 1 heterocycles. The molecule has 0 bridgehead atoms. The van der Waals surface area contributed by atoms with Gasteiger partial charge in [0.25, 0.3) is 0 Å². The second-order valence-electron chi connectivity index (χ2n) is 4.34. The van der Waals surface area contributed by atoms with E-state index < -0.39 is 21.6 Å². The average Bonchev–Trinajstić information content (AvgIpc) is 2.69. The number of alkyl halides is 3. The van der Waals surface area contributed by atoms with Gasteiger partial charge in [0, 0.05) is 0 Å². The van der Waals surface area contributed by atoms with Crippen LogP contribution in [0.5, 0.6) is 0 Å². The number of nitrogens with one attached hydrogen (secondary N) is 1. The van der Waals surface area contributed by atoms with Crippen molar-refractivity contribution in [2.45, 2.75) is 31.4 Å². The Hall–Kier alpha value is -1.33. The molecule has 0 aromatic carbocycles. The summed E-state index contributed by atoms with van der Waals surface area (Å²) in [6.45, 7) is 1.53. The zero-order chi connectivity index (χ0) is 16.3. The molecule has 0 saturated carbocycles. The van der Waals surface area contributed by atoms with E-state index in [9.17, 15) is 21.6 Å². The summed E-state index contributed by atoms with van der Waals surface area (Å²) in [5.74, 6) is 0.405. The molecule has 1 atom stereocenters. The zero-order valence-corrected chi connectivity index (χ0v) is 13.3. The summed E-state index contributed by atoms with van der Waals surface area (Å²) >= 11 is 0. The minimum atomic E-state index is -5.40. The first-order valence-corrected chi connectivity index (χ1v) is 7.41. The van der Waals surface area contributed by atoms with Gasteiger partial charge in [-0.3, -0.25) is 0 Å². The fraction of sp³-hybridized carbons (Fsp3) is 0.600. The minimum Gasteiger partial charge on any atom is -1.00 e. The Morgan fingerprint density at radius 2 is 2.14 bits per heavy atom. The van der Waals surface area contributed by atoms with Crippen LogP contribution in [0.1, 0.15) is 19.2 Å². The summed E-state index contributed by atoms with van der Waals surface area (Å²) in [7, 11) is -3.75. The fourth-order valence-corrected chi connectivity index (χ4v) is 2.49. The summed E-state index contributed by atoms with van der Waals surface area (Å²) < 4.78 is 64.0. The van der Waals surface area contributed by atoms with Crippen LogP contribution in [0.4, 0.5) is 13.2 Å². The number of sulfonamides is 1. The van der Waals surface area contributed by atoms with Crippen molar-refractivity contribution in [3.05, 3.63) is 18.2 Å². The molecule has 22 heavy (non-hydrogen) atoms. The van der Waals surface area contributed by atoms with Crippen LogP contribution >= 0.6 is 0 Å². The quantitative estimate of drug-likeness (QED) is 0.250. The van der Waals surface area contributed by atoms with Crippen molar-refractivity contribution < 1.29 is 43.8 Å². The van der Waals surface area contributed by atoms with E-state index in [2.05, 4.69) is 5.16 Å². The lowest BCUT2D eigenvalue weighted by atomic mass is 10.2. The smallest absolute Gasteiger partial charge is 0.511 e. The van der Waals surface area contributed by atoms with Gasteiger partial charge in [0.05, 0.1) is 13.1 Å². The third-order valence-corrected chi connectivity index (χ3v) is 4.09.